The fourth-order valence-electron chi connectivity index (χ4n) is 2.76. The Morgan fingerprint density at radius 2 is 2.16 bits per heavy atom. The van der Waals surface area contributed by atoms with Crippen molar-refractivity contribution in [3.63, 3.8) is 0 Å². The Labute approximate surface area is 112 Å². The molecule has 1 aliphatic carbocycles. The lowest BCUT2D eigenvalue weighted by Crippen LogP contribution is -2.20. The largest absolute Gasteiger partial charge is 0.497 e. The fraction of sp³-hybridized carbons (Fsp3) is 0.467. The van der Waals surface area contributed by atoms with Crippen molar-refractivity contribution in [2.45, 2.75) is 25.7 Å². The third kappa shape index (κ3) is 3.13. The standard InChI is InChI=1S/C15H18O4/c1-19-12-6-2-5-11(8-12)14(16)9-10-4-3-7-13(10)15(17)18/h2,5-6,8,10,13H,3-4,7,9H2,1H3,(H,17,18). The summed E-state index contributed by atoms with van der Waals surface area (Å²) < 4.78 is 5.09. The third-order valence-corrected chi connectivity index (χ3v) is 3.82. The van der Waals surface area contributed by atoms with Gasteiger partial charge in [0.2, 0.25) is 0 Å². The number of ether oxygens (including phenoxy) is 1. The maximum atomic E-state index is 12.2. The number of aliphatic carboxylic acids is 1. The van der Waals surface area contributed by atoms with Crippen molar-refractivity contribution in [2.75, 3.05) is 7.11 Å². The van der Waals surface area contributed by atoms with Gasteiger partial charge in [-0.25, -0.2) is 0 Å². The maximum absolute atomic E-state index is 12.2. The second kappa shape index (κ2) is 5.87. The van der Waals surface area contributed by atoms with Gasteiger partial charge in [0, 0.05) is 12.0 Å². The summed E-state index contributed by atoms with van der Waals surface area (Å²) in [6, 6.07) is 7.00. The van der Waals surface area contributed by atoms with Gasteiger partial charge in [-0.3, -0.25) is 9.59 Å². The van der Waals surface area contributed by atoms with Crippen molar-refractivity contribution in [2.24, 2.45) is 11.8 Å². The molecule has 0 aliphatic heterocycles. The van der Waals surface area contributed by atoms with E-state index in [1.165, 1.54) is 0 Å². The molecule has 1 fully saturated rings. The van der Waals surface area contributed by atoms with E-state index < -0.39 is 5.97 Å². The van der Waals surface area contributed by atoms with Crippen LogP contribution in [0.2, 0.25) is 0 Å². The van der Waals surface area contributed by atoms with Crippen molar-refractivity contribution in [3.05, 3.63) is 29.8 Å². The number of benzene rings is 1. The molecule has 1 aliphatic rings. The van der Waals surface area contributed by atoms with E-state index in [-0.39, 0.29) is 17.6 Å². The molecule has 1 saturated carbocycles. The summed E-state index contributed by atoms with van der Waals surface area (Å²) >= 11 is 0. The van der Waals surface area contributed by atoms with Gasteiger partial charge in [-0.2, -0.15) is 0 Å². The van der Waals surface area contributed by atoms with Crippen molar-refractivity contribution in [1.82, 2.24) is 0 Å². The molecular formula is C15H18O4. The molecule has 4 nitrogen and oxygen atoms in total. The van der Waals surface area contributed by atoms with Gasteiger partial charge in [0.05, 0.1) is 13.0 Å². The summed E-state index contributed by atoms with van der Waals surface area (Å²) in [6.07, 6.45) is 2.72. The second-order valence-electron chi connectivity index (χ2n) is 4.99. The number of ketones is 1. The Morgan fingerprint density at radius 1 is 1.37 bits per heavy atom. The molecule has 2 atom stereocenters. The molecule has 1 aromatic carbocycles. The van der Waals surface area contributed by atoms with E-state index in [4.69, 9.17) is 9.84 Å². The second-order valence-corrected chi connectivity index (χ2v) is 4.99. The van der Waals surface area contributed by atoms with Gasteiger partial charge >= 0.3 is 5.97 Å². The number of hydrogen-bond acceptors (Lipinski definition) is 3. The molecular weight excluding hydrogens is 244 g/mol. The quantitative estimate of drug-likeness (QED) is 0.829. The number of rotatable bonds is 5. The van der Waals surface area contributed by atoms with Gasteiger partial charge in [-0.05, 0) is 30.9 Å². The minimum Gasteiger partial charge on any atom is -0.497 e. The average molecular weight is 262 g/mol. The highest BCUT2D eigenvalue weighted by atomic mass is 16.5. The zero-order valence-electron chi connectivity index (χ0n) is 11.0. The molecule has 1 aromatic rings. The number of Topliss-reactive ketones (excluding diaryl/α,β-unsaturated/α-hetero) is 1. The number of carboxylic acids is 1. The average Bonchev–Trinajstić information content (AvgIpc) is 2.87. The minimum absolute atomic E-state index is 0.00273. The van der Waals surface area contributed by atoms with E-state index >= 15 is 0 Å². The summed E-state index contributed by atoms with van der Waals surface area (Å²) in [4.78, 5) is 23.3. The van der Waals surface area contributed by atoms with Gasteiger partial charge in [0.15, 0.2) is 5.78 Å². The van der Waals surface area contributed by atoms with Crippen molar-refractivity contribution in [3.8, 4) is 5.75 Å². The minimum atomic E-state index is -0.777. The van der Waals surface area contributed by atoms with Crippen LogP contribution >= 0.6 is 0 Å². The van der Waals surface area contributed by atoms with Gasteiger partial charge in [-0.15, -0.1) is 0 Å². The molecule has 0 saturated heterocycles. The Kier molecular flexibility index (Phi) is 4.20. The Balaban J connectivity index is 2.06. The lowest BCUT2D eigenvalue weighted by molar-refractivity contribution is -0.142. The van der Waals surface area contributed by atoms with Crippen LogP contribution in [0.5, 0.6) is 5.75 Å². The summed E-state index contributed by atoms with van der Waals surface area (Å²) in [7, 11) is 1.56. The van der Waals surface area contributed by atoms with E-state index in [2.05, 4.69) is 0 Å². The zero-order valence-corrected chi connectivity index (χ0v) is 11.0. The normalized spacial score (nSPS) is 22.2. The molecule has 0 aromatic heterocycles. The summed E-state index contributed by atoms with van der Waals surface area (Å²) in [5.41, 5.74) is 0.593. The van der Waals surface area contributed by atoms with Crippen LogP contribution in [0.15, 0.2) is 24.3 Å². The van der Waals surface area contributed by atoms with E-state index in [0.717, 1.165) is 12.8 Å². The summed E-state index contributed by atoms with van der Waals surface area (Å²) in [6.45, 7) is 0. The zero-order chi connectivity index (χ0) is 13.8. The van der Waals surface area contributed by atoms with Gasteiger partial charge in [0.1, 0.15) is 5.75 Å². The molecule has 4 heteroatoms. The molecule has 102 valence electrons. The first-order valence-electron chi connectivity index (χ1n) is 6.52. The fourth-order valence-corrected chi connectivity index (χ4v) is 2.76. The Bertz CT molecular complexity index is 481. The molecule has 0 heterocycles. The molecule has 0 bridgehead atoms. The number of carbonyl (C=O) groups excluding carboxylic acids is 1. The van der Waals surface area contributed by atoms with Crippen LogP contribution in [-0.4, -0.2) is 24.0 Å². The maximum Gasteiger partial charge on any atom is 0.306 e. The number of hydrogen-bond donors (Lipinski definition) is 1. The van der Waals surface area contributed by atoms with Crippen molar-refractivity contribution in [1.29, 1.82) is 0 Å². The molecule has 1 N–H and O–H groups in total. The van der Waals surface area contributed by atoms with Crippen LogP contribution in [-0.2, 0) is 4.79 Å². The molecule has 0 spiro atoms. The highest BCUT2D eigenvalue weighted by molar-refractivity contribution is 5.96. The van der Waals surface area contributed by atoms with Crippen LogP contribution in [0.1, 0.15) is 36.0 Å². The third-order valence-electron chi connectivity index (χ3n) is 3.82. The van der Waals surface area contributed by atoms with E-state index in [9.17, 15) is 9.59 Å². The smallest absolute Gasteiger partial charge is 0.306 e. The van der Waals surface area contributed by atoms with Gasteiger partial charge < -0.3 is 9.84 Å². The van der Waals surface area contributed by atoms with E-state index in [1.807, 2.05) is 0 Å². The highest BCUT2D eigenvalue weighted by Crippen LogP contribution is 2.35. The Hall–Kier alpha value is -1.84. The number of methoxy groups -OCH3 is 1. The molecule has 0 radical (unpaired) electrons. The summed E-state index contributed by atoms with van der Waals surface area (Å²) in [5, 5.41) is 9.12. The Morgan fingerprint density at radius 3 is 2.84 bits per heavy atom. The van der Waals surface area contributed by atoms with Crippen LogP contribution < -0.4 is 4.74 Å². The lowest BCUT2D eigenvalue weighted by Gasteiger charge is -2.14. The van der Waals surface area contributed by atoms with E-state index in [1.54, 1.807) is 31.4 Å². The SMILES string of the molecule is COc1cccc(C(=O)CC2CCCC2C(=O)O)c1. The number of carbonyl (C=O) groups is 2. The first kappa shape index (κ1) is 13.6. The molecule has 0 amide bonds. The topological polar surface area (TPSA) is 63.6 Å². The molecule has 2 rings (SSSR count). The monoisotopic (exact) mass is 262 g/mol. The van der Waals surface area contributed by atoms with Crippen LogP contribution in [0.4, 0.5) is 0 Å². The van der Waals surface area contributed by atoms with Crippen molar-refractivity contribution >= 4 is 11.8 Å². The molecule has 19 heavy (non-hydrogen) atoms. The predicted molar refractivity (Wildman–Crippen MR) is 70.4 cm³/mol. The van der Waals surface area contributed by atoms with Crippen LogP contribution in [0.3, 0.4) is 0 Å². The molecule has 2 unspecified atom stereocenters. The van der Waals surface area contributed by atoms with Crippen LogP contribution in [0.25, 0.3) is 0 Å². The number of carboxylic acid groups (broad SMARTS) is 1. The van der Waals surface area contributed by atoms with Crippen molar-refractivity contribution < 1.29 is 19.4 Å². The van der Waals surface area contributed by atoms with Gasteiger partial charge in [-0.1, -0.05) is 18.6 Å². The summed E-state index contributed by atoms with van der Waals surface area (Å²) in [5.74, 6) is -0.532. The first-order chi connectivity index (χ1) is 9.11. The van der Waals surface area contributed by atoms with Crippen LogP contribution in [0, 0.1) is 11.8 Å². The lowest BCUT2D eigenvalue weighted by atomic mass is 9.89. The highest BCUT2D eigenvalue weighted by Gasteiger charge is 2.34. The van der Waals surface area contributed by atoms with Gasteiger partial charge in [0.25, 0.3) is 0 Å². The predicted octanol–water partition coefficient (Wildman–Crippen LogP) is 2.77. The van der Waals surface area contributed by atoms with E-state index in [0.29, 0.717) is 24.2 Å². The first-order valence-corrected chi connectivity index (χ1v) is 6.52.